The van der Waals surface area contributed by atoms with E-state index in [1.165, 1.54) is 82.5 Å². The van der Waals surface area contributed by atoms with Crippen LogP contribution >= 0.6 is 0 Å². The molecule has 0 aromatic carbocycles. The van der Waals surface area contributed by atoms with Crippen LogP contribution in [0.1, 0.15) is 110 Å². The maximum Gasteiger partial charge on any atom is 0.292 e. The van der Waals surface area contributed by atoms with Crippen molar-refractivity contribution in [3.05, 3.63) is 132 Å². The second-order valence-electron chi connectivity index (χ2n) is 21.3. The Morgan fingerprint density at radius 2 is 0.742 bits per heavy atom. The van der Waals surface area contributed by atoms with Crippen molar-refractivity contribution >= 4 is 99.1 Å². The van der Waals surface area contributed by atoms with Gasteiger partial charge >= 0.3 is 0 Å². The molecular formula is C57H70N22O10. The van der Waals surface area contributed by atoms with Crippen LogP contribution in [0.15, 0.2) is 86.1 Å². The van der Waals surface area contributed by atoms with Crippen LogP contribution in [0.4, 0.5) is 40.1 Å². The number of aryl methyl sites for hydroxylation is 8. The second kappa shape index (κ2) is 27.8. The van der Waals surface area contributed by atoms with E-state index in [4.69, 9.17) is 0 Å². The van der Waals surface area contributed by atoms with Crippen LogP contribution in [0.5, 0.6) is 0 Å². The number of nitrogens with one attached hydrogen (secondary N) is 10. The molecule has 0 bridgehead atoms. The van der Waals surface area contributed by atoms with Crippen molar-refractivity contribution in [1.29, 1.82) is 0 Å². The summed E-state index contributed by atoms with van der Waals surface area (Å²) < 4.78 is 12.0. The van der Waals surface area contributed by atoms with E-state index >= 15 is 0 Å². The molecule has 0 saturated heterocycles. The van der Waals surface area contributed by atoms with Crippen molar-refractivity contribution in [2.75, 3.05) is 77.5 Å². The van der Waals surface area contributed by atoms with E-state index in [0.717, 1.165) is 13.0 Å². The fraction of sp³-hybridized carbons (Fsp3) is 0.316. The van der Waals surface area contributed by atoms with Crippen LogP contribution in [0.3, 0.4) is 0 Å². The van der Waals surface area contributed by atoms with Crippen molar-refractivity contribution in [3.8, 4) is 0 Å². The Morgan fingerprint density at radius 3 is 1.15 bits per heavy atom. The van der Waals surface area contributed by atoms with Gasteiger partial charge in [-0.15, -0.1) is 0 Å². The second-order valence-corrected chi connectivity index (χ2v) is 21.3. The number of carbonyl (C=O) groups is 10. The third kappa shape index (κ3) is 16.2. The largest absolute Gasteiger partial charge is 0.356 e. The van der Waals surface area contributed by atoms with Crippen LogP contribution in [0.25, 0.3) is 0 Å². The highest BCUT2D eigenvalue weighted by molar-refractivity contribution is 6.10. The van der Waals surface area contributed by atoms with E-state index < -0.39 is 53.2 Å². The van der Waals surface area contributed by atoms with E-state index in [1.807, 2.05) is 19.0 Å². The molecule has 0 spiro atoms. The lowest BCUT2D eigenvalue weighted by molar-refractivity contribution is -0.121. The van der Waals surface area contributed by atoms with Gasteiger partial charge in [-0.2, -0.15) is 0 Å². The molecule has 0 aliphatic heterocycles. The number of amides is 10. The van der Waals surface area contributed by atoms with E-state index in [2.05, 4.69) is 68.1 Å². The maximum atomic E-state index is 13.5. The summed E-state index contributed by atoms with van der Waals surface area (Å²) >= 11 is 0. The maximum absolute atomic E-state index is 13.5. The standard InChI is InChI=1S/C57H70N22O10/c1-71(2)19-12-16-58-45(80)14-17-61-51(83)39-22-34(27-74(39)5)63-52(84)40-23-35(28-75(40)6)64-54(86)42-24-36(29-77(42)8)65-56(88)48-68-43(31-78(48)9)67-46(81)13-11-15-60-50(82)38-21-33(26-73(38)4)62-53(85)41-25-37(30-76(41)7)66-57(89)49-69-44(32-79(49)10)70-55(87)47-59-18-20-72(47)3/h18,20-32H,11-17,19H2,1-10H3,(H,58,80)(H,60,82)(H,61,83)(H,62,85)(H,63,84)(H,64,86)(H,65,88)(H,66,89)(H,67,81)(H,70,87). The number of nitrogens with zero attached hydrogens (tertiary/aromatic N) is 12. The Labute approximate surface area is 509 Å². The molecular weight excluding hydrogens is 1150 g/mol. The Balaban J connectivity index is 0.747. The predicted molar refractivity (Wildman–Crippen MR) is 328 cm³/mol. The number of hydrogen-bond acceptors (Lipinski definition) is 14. The van der Waals surface area contributed by atoms with Gasteiger partial charge in [0, 0.05) is 145 Å². The van der Waals surface area contributed by atoms with Crippen LogP contribution in [0, 0.1) is 0 Å². The van der Waals surface area contributed by atoms with Crippen molar-refractivity contribution in [2.45, 2.75) is 25.7 Å². The molecule has 0 unspecified atom stereocenters. The Hall–Kier alpha value is -11.3. The lowest BCUT2D eigenvalue weighted by Crippen LogP contribution is -2.32. The Kier molecular flexibility index (Phi) is 19.9. The normalized spacial score (nSPS) is 11.0. The van der Waals surface area contributed by atoms with Crippen LogP contribution in [-0.4, -0.2) is 156 Å². The molecule has 468 valence electrons. The third-order valence-electron chi connectivity index (χ3n) is 13.8. The minimum atomic E-state index is -0.632. The van der Waals surface area contributed by atoms with E-state index in [9.17, 15) is 47.9 Å². The first kappa shape index (κ1) is 63.7. The van der Waals surface area contributed by atoms with Crippen molar-refractivity contribution in [3.63, 3.8) is 0 Å². The average molecular weight is 1220 g/mol. The fourth-order valence-corrected chi connectivity index (χ4v) is 9.32. The summed E-state index contributed by atoms with van der Waals surface area (Å²) in [5, 5.41) is 27.4. The zero-order chi connectivity index (χ0) is 64.4. The zero-order valence-corrected chi connectivity index (χ0v) is 50.7. The molecule has 32 heteroatoms. The number of imidazole rings is 3. The van der Waals surface area contributed by atoms with Gasteiger partial charge in [0.25, 0.3) is 47.3 Å². The number of anilines is 7. The van der Waals surface area contributed by atoms with Gasteiger partial charge < -0.3 is 94.6 Å². The molecule has 8 aromatic rings. The summed E-state index contributed by atoms with van der Waals surface area (Å²) in [5.41, 5.74) is 2.59. The lowest BCUT2D eigenvalue weighted by Gasteiger charge is -2.10. The van der Waals surface area contributed by atoms with Gasteiger partial charge in [-0.1, -0.05) is 0 Å². The van der Waals surface area contributed by atoms with E-state index in [-0.39, 0.29) is 102 Å². The quantitative estimate of drug-likeness (QED) is 0.0348. The summed E-state index contributed by atoms with van der Waals surface area (Å²) in [7, 11) is 16.9. The summed E-state index contributed by atoms with van der Waals surface area (Å²) in [4.78, 5) is 145. The Morgan fingerprint density at radius 1 is 0.371 bits per heavy atom. The van der Waals surface area contributed by atoms with Crippen molar-refractivity contribution in [2.24, 2.45) is 56.4 Å². The summed E-state index contributed by atoms with van der Waals surface area (Å²) in [5.74, 6) is -4.43. The minimum absolute atomic E-state index is 0.00625. The van der Waals surface area contributed by atoms with Gasteiger partial charge in [-0.3, -0.25) is 47.9 Å². The molecule has 8 rings (SSSR count). The molecule has 10 amide bonds. The predicted octanol–water partition coefficient (Wildman–Crippen LogP) is 2.43. The molecule has 0 saturated carbocycles. The summed E-state index contributed by atoms with van der Waals surface area (Å²) in [6.07, 6.45) is 15.0. The molecule has 8 heterocycles. The fourth-order valence-electron chi connectivity index (χ4n) is 9.32. The molecule has 0 fully saturated rings. The Bertz CT molecular complexity index is 4020. The third-order valence-corrected chi connectivity index (χ3v) is 13.8. The van der Waals surface area contributed by atoms with Gasteiger partial charge in [0.1, 0.15) is 28.5 Å². The van der Waals surface area contributed by atoms with Gasteiger partial charge in [0.15, 0.2) is 17.5 Å². The minimum Gasteiger partial charge on any atom is -0.356 e. The first-order valence-corrected chi connectivity index (χ1v) is 27.8. The van der Waals surface area contributed by atoms with Gasteiger partial charge in [0.05, 0.1) is 28.4 Å². The monoisotopic (exact) mass is 1220 g/mol. The highest BCUT2D eigenvalue weighted by Crippen LogP contribution is 2.23. The van der Waals surface area contributed by atoms with Gasteiger partial charge in [-0.25, -0.2) is 15.0 Å². The van der Waals surface area contributed by atoms with Crippen molar-refractivity contribution < 1.29 is 47.9 Å². The highest BCUT2D eigenvalue weighted by atomic mass is 16.2. The van der Waals surface area contributed by atoms with E-state index in [1.54, 1.807) is 96.5 Å². The molecule has 32 nitrogen and oxygen atoms in total. The van der Waals surface area contributed by atoms with Gasteiger partial charge in [-0.05, 0) is 63.8 Å². The van der Waals surface area contributed by atoms with Crippen LogP contribution in [0.2, 0.25) is 0 Å². The van der Waals surface area contributed by atoms with Crippen molar-refractivity contribution in [1.82, 2.24) is 72.3 Å². The first-order valence-electron chi connectivity index (χ1n) is 27.8. The number of hydrogen-bond donors (Lipinski definition) is 10. The highest BCUT2D eigenvalue weighted by Gasteiger charge is 2.24. The molecule has 0 radical (unpaired) electrons. The molecule has 89 heavy (non-hydrogen) atoms. The molecule has 0 aliphatic carbocycles. The lowest BCUT2D eigenvalue weighted by atomic mass is 10.3. The number of aromatic nitrogens is 11. The van der Waals surface area contributed by atoms with Crippen LogP contribution in [-0.2, 0) is 66.0 Å². The average Bonchev–Trinajstić information content (AvgIpc) is 2.77. The zero-order valence-electron chi connectivity index (χ0n) is 50.7. The number of rotatable bonds is 26. The van der Waals surface area contributed by atoms with E-state index in [0.29, 0.717) is 29.3 Å². The van der Waals surface area contributed by atoms with Crippen LogP contribution < -0.4 is 53.2 Å². The summed E-state index contributed by atoms with van der Waals surface area (Å²) in [6.45, 7) is 1.64. The molecule has 0 atom stereocenters. The number of carbonyl (C=O) groups excluding carboxylic acids is 10. The topological polar surface area (TPSA) is 372 Å². The molecule has 8 aromatic heterocycles. The summed E-state index contributed by atoms with van der Waals surface area (Å²) in [6, 6.07) is 7.41. The first-order chi connectivity index (χ1) is 42.3. The van der Waals surface area contributed by atoms with Gasteiger partial charge in [0.2, 0.25) is 23.5 Å². The molecule has 10 N–H and O–H groups in total. The molecule has 0 aliphatic rings. The SMILES string of the molecule is CN(C)CCCNC(=O)CCNC(=O)c1cc(NC(=O)c2cc(NC(=O)c3cc(NC(=O)c4nc(NC(=O)CCCNC(=O)c5cc(NC(=O)c6cc(NC(=O)c7nc(NC(=O)c8nccn8C)cn7C)cn6C)cn5C)cn4C)cn3C)cn2C)cn1C. The smallest absolute Gasteiger partial charge is 0.292 e.